The van der Waals surface area contributed by atoms with Crippen molar-refractivity contribution >= 4 is 45.0 Å². The van der Waals surface area contributed by atoms with E-state index in [2.05, 4.69) is 50.6 Å². The molecular formula is C28H28N4O4S. The second-order valence-electron chi connectivity index (χ2n) is 8.54. The molecule has 190 valence electrons. The van der Waals surface area contributed by atoms with Gasteiger partial charge in [0.25, 0.3) is 0 Å². The minimum Gasteiger partial charge on any atom is -0.481 e. The van der Waals surface area contributed by atoms with E-state index in [9.17, 15) is 19.5 Å². The molecule has 0 spiro atoms. The first kappa shape index (κ1) is 25.8. The van der Waals surface area contributed by atoms with Crippen LogP contribution in [0.2, 0.25) is 0 Å². The van der Waals surface area contributed by atoms with Crippen molar-refractivity contribution in [3.05, 3.63) is 83.9 Å². The van der Waals surface area contributed by atoms with E-state index in [-0.39, 0.29) is 25.3 Å². The molecule has 0 aliphatic rings. The van der Waals surface area contributed by atoms with Crippen LogP contribution in [0.4, 0.5) is 5.82 Å². The SMILES string of the molecule is O=C(O)CC(NC(=O)CNC(=O)CCCNc1ccccn1)c1ccc(-c2ccc3ccsc3c2)cc1. The molecule has 0 bridgehead atoms. The van der Waals surface area contributed by atoms with E-state index in [4.69, 9.17) is 0 Å². The number of carbonyl (C=O) groups excluding carboxylic acids is 2. The number of hydrogen-bond donors (Lipinski definition) is 4. The molecule has 0 aliphatic heterocycles. The molecule has 1 atom stereocenters. The Morgan fingerprint density at radius 3 is 2.51 bits per heavy atom. The number of pyridine rings is 1. The van der Waals surface area contributed by atoms with E-state index in [1.165, 1.54) is 10.1 Å². The highest BCUT2D eigenvalue weighted by Crippen LogP contribution is 2.29. The lowest BCUT2D eigenvalue weighted by Gasteiger charge is -2.18. The highest BCUT2D eigenvalue weighted by molar-refractivity contribution is 7.17. The first-order valence-corrected chi connectivity index (χ1v) is 12.9. The number of anilines is 1. The molecule has 2 heterocycles. The Balaban J connectivity index is 1.27. The minimum atomic E-state index is -1.03. The van der Waals surface area contributed by atoms with Crippen molar-refractivity contribution in [1.82, 2.24) is 15.6 Å². The van der Waals surface area contributed by atoms with Crippen molar-refractivity contribution in [2.75, 3.05) is 18.4 Å². The zero-order valence-electron chi connectivity index (χ0n) is 20.1. The largest absolute Gasteiger partial charge is 0.481 e. The summed E-state index contributed by atoms with van der Waals surface area (Å²) in [7, 11) is 0. The van der Waals surface area contributed by atoms with E-state index in [1.807, 2.05) is 42.5 Å². The Labute approximate surface area is 218 Å². The van der Waals surface area contributed by atoms with Gasteiger partial charge < -0.3 is 21.1 Å². The maximum Gasteiger partial charge on any atom is 0.305 e. The van der Waals surface area contributed by atoms with E-state index >= 15 is 0 Å². The van der Waals surface area contributed by atoms with Crippen LogP contribution in [0.5, 0.6) is 0 Å². The van der Waals surface area contributed by atoms with E-state index in [0.717, 1.165) is 16.9 Å². The molecule has 1 unspecified atom stereocenters. The van der Waals surface area contributed by atoms with E-state index in [0.29, 0.717) is 18.5 Å². The van der Waals surface area contributed by atoms with Gasteiger partial charge in [-0.15, -0.1) is 11.3 Å². The van der Waals surface area contributed by atoms with Gasteiger partial charge in [-0.05, 0) is 58.1 Å². The Bertz CT molecular complexity index is 1360. The van der Waals surface area contributed by atoms with Gasteiger partial charge in [0.15, 0.2) is 0 Å². The van der Waals surface area contributed by atoms with Crippen LogP contribution in [0.15, 0.2) is 78.3 Å². The summed E-state index contributed by atoms with van der Waals surface area (Å²) in [6.45, 7) is 0.357. The summed E-state index contributed by atoms with van der Waals surface area (Å²) in [4.78, 5) is 40.2. The zero-order chi connectivity index (χ0) is 26.0. The van der Waals surface area contributed by atoms with Gasteiger partial charge in [-0.25, -0.2) is 4.98 Å². The van der Waals surface area contributed by atoms with E-state index in [1.54, 1.807) is 17.5 Å². The molecule has 0 aliphatic carbocycles. The number of carbonyl (C=O) groups is 3. The van der Waals surface area contributed by atoms with Gasteiger partial charge in [0.2, 0.25) is 11.8 Å². The quantitative estimate of drug-likeness (QED) is 0.204. The third-order valence-electron chi connectivity index (χ3n) is 5.81. The Morgan fingerprint density at radius 2 is 1.76 bits per heavy atom. The number of fused-ring (bicyclic) bond motifs is 1. The zero-order valence-corrected chi connectivity index (χ0v) is 21.0. The lowest BCUT2D eigenvalue weighted by atomic mass is 9.98. The molecule has 0 saturated heterocycles. The van der Waals surface area contributed by atoms with Crippen LogP contribution in [-0.4, -0.2) is 41.0 Å². The van der Waals surface area contributed by atoms with Crippen LogP contribution in [0.1, 0.15) is 30.9 Å². The summed E-state index contributed by atoms with van der Waals surface area (Å²) in [5, 5.41) is 21.1. The highest BCUT2D eigenvalue weighted by Gasteiger charge is 2.18. The Hall–Kier alpha value is -4.24. The van der Waals surface area contributed by atoms with Gasteiger partial charge in [-0.3, -0.25) is 14.4 Å². The third kappa shape index (κ3) is 7.62. The number of benzene rings is 2. The third-order valence-corrected chi connectivity index (χ3v) is 6.69. The van der Waals surface area contributed by atoms with Crippen LogP contribution in [0.3, 0.4) is 0 Å². The molecular weight excluding hydrogens is 488 g/mol. The number of nitrogens with zero attached hydrogens (tertiary/aromatic N) is 1. The topological polar surface area (TPSA) is 120 Å². The number of carboxylic acids is 1. The number of aromatic nitrogens is 1. The fourth-order valence-corrected chi connectivity index (χ4v) is 4.74. The molecule has 8 nitrogen and oxygen atoms in total. The highest BCUT2D eigenvalue weighted by atomic mass is 32.1. The van der Waals surface area contributed by atoms with Gasteiger partial charge in [0.1, 0.15) is 5.82 Å². The van der Waals surface area contributed by atoms with Crippen LogP contribution in [0, 0.1) is 0 Å². The molecule has 0 fully saturated rings. The van der Waals surface area contributed by atoms with Crippen molar-refractivity contribution < 1.29 is 19.5 Å². The molecule has 2 amide bonds. The summed E-state index contributed by atoms with van der Waals surface area (Å²) in [5.74, 6) is -0.983. The Morgan fingerprint density at radius 1 is 0.946 bits per heavy atom. The molecule has 2 aromatic heterocycles. The number of aliphatic carboxylic acids is 1. The summed E-state index contributed by atoms with van der Waals surface area (Å²) in [6, 6.07) is 20.7. The van der Waals surface area contributed by atoms with Crippen molar-refractivity contribution in [2.45, 2.75) is 25.3 Å². The number of thiophene rings is 1. The average molecular weight is 517 g/mol. The smallest absolute Gasteiger partial charge is 0.305 e. The van der Waals surface area contributed by atoms with Crippen molar-refractivity contribution in [1.29, 1.82) is 0 Å². The van der Waals surface area contributed by atoms with Crippen molar-refractivity contribution in [3.8, 4) is 11.1 Å². The number of nitrogens with one attached hydrogen (secondary N) is 3. The normalized spacial score (nSPS) is 11.6. The maximum absolute atomic E-state index is 12.5. The maximum atomic E-state index is 12.5. The summed E-state index contributed by atoms with van der Waals surface area (Å²) in [6.07, 6.45) is 2.26. The number of hydrogen-bond acceptors (Lipinski definition) is 6. The fourth-order valence-electron chi connectivity index (χ4n) is 3.91. The monoisotopic (exact) mass is 516 g/mol. The summed E-state index contributed by atoms with van der Waals surface area (Å²) >= 11 is 1.68. The van der Waals surface area contributed by atoms with Gasteiger partial charge in [0, 0.05) is 23.9 Å². The minimum absolute atomic E-state index is 0.221. The summed E-state index contributed by atoms with van der Waals surface area (Å²) < 4.78 is 1.20. The standard InChI is InChI=1S/C28H28N4O4S/c33-26(5-3-14-30-25-4-1-2-13-29-25)31-18-27(34)32-23(17-28(35)36)20-8-6-19(7-9-20)22-11-10-21-12-15-37-24(21)16-22/h1-2,4,6-13,15-16,23H,3,5,14,17-18H2,(H,29,30)(H,31,33)(H,32,34)(H,35,36). The van der Waals surface area contributed by atoms with Crippen molar-refractivity contribution in [3.63, 3.8) is 0 Å². The molecule has 4 rings (SSSR count). The van der Waals surface area contributed by atoms with Crippen LogP contribution in [-0.2, 0) is 14.4 Å². The molecule has 0 radical (unpaired) electrons. The predicted molar refractivity (Wildman–Crippen MR) is 145 cm³/mol. The molecule has 37 heavy (non-hydrogen) atoms. The Kier molecular flexibility index (Phi) is 8.83. The molecule has 4 aromatic rings. The summed E-state index contributed by atoms with van der Waals surface area (Å²) in [5.41, 5.74) is 2.76. The number of rotatable bonds is 12. The number of carboxylic acid groups (broad SMARTS) is 1. The van der Waals surface area contributed by atoms with Gasteiger partial charge in [0.05, 0.1) is 19.0 Å². The van der Waals surface area contributed by atoms with Gasteiger partial charge in [-0.2, -0.15) is 0 Å². The van der Waals surface area contributed by atoms with Crippen LogP contribution >= 0.6 is 11.3 Å². The number of amides is 2. The molecule has 4 N–H and O–H groups in total. The average Bonchev–Trinajstić information content (AvgIpc) is 3.38. The van der Waals surface area contributed by atoms with Crippen LogP contribution < -0.4 is 16.0 Å². The van der Waals surface area contributed by atoms with E-state index < -0.39 is 17.9 Å². The molecule has 2 aromatic carbocycles. The fraction of sp³-hybridized carbons (Fsp3) is 0.214. The van der Waals surface area contributed by atoms with Gasteiger partial charge >= 0.3 is 5.97 Å². The van der Waals surface area contributed by atoms with Gasteiger partial charge in [-0.1, -0.05) is 42.5 Å². The predicted octanol–water partition coefficient (Wildman–Crippen LogP) is 4.60. The lowest BCUT2D eigenvalue weighted by molar-refractivity contribution is -0.138. The first-order chi connectivity index (χ1) is 18.0. The lowest BCUT2D eigenvalue weighted by Crippen LogP contribution is -2.39. The molecule has 9 heteroatoms. The van der Waals surface area contributed by atoms with Crippen LogP contribution in [0.25, 0.3) is 21.2 Å². The second kappa shape index (κ2) is 12.6. The molecule has 0 saturated carbocycles. The second-order valence-corrected chi connectivity index (χ2v) is 9.48. The van der Waals surface area contributed by atoms with Crippen molar-refractivity contribution in [2.24, 2.45) is 0 Å². The first-order valence-electron chi connectivity index (χ1n) is 12.0.